The Morgan fingerprint density at radius 2 is 2.00 bits per heavy atom. The topological polar surface area (TPSA) is 93.1 Å². The third-order valence-electron chi connectivity index (χ3n) is 4.68. The highest BCUT2D eigenvalue weighted by atomic mass is 16.5. The number of amides is 1. The van der Waals surface area contributed by atoms with Crippen LogP contribution in [0.5, 0.6) is 0 Å². The molecule has 4 rings (SSSR count). The van der Waals surface area contributed by atoms with E-state index in [1.165, 1.54) is 6.08 Å². The first-order chi connectivity index (χ1) is 15.2. The van der Waals surface area contributed by atoms with Crippen LogP contribution in [-0.2, 0) is 9.53 Å². The standard InChI is InChI=1S/C24H20N4O3/c1-30-12-11-26-24(29)18(15-25)13-19-16-28(20-8-3-2-4-9-20)27-23(19)22-14-17-7-5-6-10-21(17)31-22/h2-10,13-14,16H,11-12H2,1H3,(H,26,29)/b18-13+. The van der Waals surface area contributed by atoms with Gasteiger partial charge in [0.15, 0.2) is 5.76 Å². The van der Waals surface area contributed by atoms with E-state index in [9.17, 15) is 10.1 Å². The Bertz CT molecular complexity index is 1250. The van der Waals surface area contributed by atoms with Crippen LogP contribution in [0.1, 0.15) is 5.56 Å². The number of ether oxygens (including phenoxy) is 1. The second-order valence-corrected chi connectivity index (χ2v) is 6.78. The van der Waals surface area contributed by atoms with Crippen LogP contribution in [0.15, 0.2) is 76.9 Å². The number of nitriles is 1. The van der Waals surface area contributed by atoms with Crippen molar-refractivity contribution in [3.63, 3.8) is 0 Å². The zero-order chi connectivity index (χ0) is 21.6. The quantitative estimate of drug-likeness (QED) is 0.282. The molecule has 4 aromatic rings. The first-order valence-corrected chi connectivity index (χ1v) is 9.72. The van der Waals surface area contributed by atoms with Gasteiger partial charge >= 0.3 is 0 Å². The Labute approximate surface area is 179 Å². The van der Waals surface area contributed by atoms with E-state index in [0.29, 0.717) is 30.2 Å². The second-order valence-electron chi connectivity index (χ2n) is 6.78. The molecule has 2 heterocycles. The number of hydrogen-bond donors (Lipinski definition) is 1. The average molecular weight is 412 g/mol. The molecule has 0 saturated carbocycles. The lowest BCUT2D eigenvalue weighted by molar-refractivity contribution is -0.117. The molecule has 7 heteroatoms. The van der Waals surface area contributed by atoms with Crippen molar-refractivity contribution < 1.29 is 13.9 Å². The van der Waals surface area contributed by atoms with Crippen LogP contribution in [0.2, 0.25) is 0 Å². The number of nitrogens with zero attached hydrogens (tertiary/aromatic N) is 3. The van der Waals surface area contributed by atoms with E-state index in [1.807, 2.05) is 66.7 Å². The number of aromatic nitrogens is 2. The van der Waals surface area contributed by atoms with Crippen LogP contribution in [0.25, 0.3) is 34.2 Å². The fourth-order valence-electron chi connectivity index (χ4n) is 3.16. The van der Waals surface area contributed by atoms with Crippen molar-refractivity contribution in [2.24, 2.45) is 0 Å². The van der Waals surface area contributed by atoms with Gasteiger partial charge in [-0.1, -0.05) is 36.4 Å². The number of benzene rings is 2. The molecule has 0 fully saturated rings. The molecule has 0 saturated heterocycles. The number of rotatable bonds is 7. The minimum absolute atomic E-state index is 0.0268. The number of carbonyl (C=O) groups excluding carboxylic acids is 1. The largest absolute Gasteiger partial charge is 0.454 e. The molecule has 0 radical (unpaired) electrons. The van der Waals surface area contributed by atoms with E-state index in [-0.39, 0.29) is 5.57 Å². The molecule has 1 amide bonds. The molecule has 0 aliphatic heterocycles. The summed E-state index contributed by atoms with van der Waals surface area (Å²) in [6, 6.07) is 21.1. The van der Waals surface area contributed by atoms with Gasteiger partial charge in [0, 0.05) is 30.8 Å². The Kier molecular flexibility index (Phi) is 5.92. The predicted octanol–water partition coefficient (Wildman–Crippen LogP) is 3.96. The first kappa shape index (κ1) is 20.1. The van der Waals surface area contributed by atoms with Gasteiger partial charge in [0.2, 0.25) is 0 Å². The van der Waals surface area contributed by atoms with E-state index in [0.717, 1.165) is 16.7 Å². The normalized spacial score (nSPS) is 11.4. The van der Waals surface area contributed by atoms with Gasteiger partial charge < -0.3 is 14.5 Å². The lowest BCUT2D eigenvalue weighted by Gasteiger charge is -2.02. The molecule has 2 aromatic carbocycles. The predicted molar refractivity (Wildman–Crippen MR) is 117 cm³/mol. The van der Waals surface area contributed by atoms with E-state index < -0.39 is 5.91 Å². The number of carbonyl (C=O) groups is 1. The number of furan rings is 1. The molecule has 0 atom stereocenters. The molecule has 0 aliphatic rings. The highest BCUT2D eigenvalue weighted by Gasteiger charge is 2.17. The Morgan fingerprint density at radius 3 is 2.74 bits per heavy atom. The second kappa shape index (κ2) is 9.11. The highest BCUT2D eigenvalue weighted by molar-refractivity contribution is 6.02. The molecular weight excluding hydrogens is 392 g/mol. The fourth-order valence-corrected chi connectivity index (χ4v) is 3.16. The van der Waals surface area contributed by atoms with Crippen LogP contribution in [0.3, 0.4) is 0 Å². The average Bonchev–Trinajstić information content (AvgIpc) is 3.42. The minimum Gasteiger partial charge on any atom is -0.454 e. The van der Waals surface area contributed by atoms with Crippen molar-refractivity contribution in [1.82, 2.24) is 15.1 Å². The maximum absolute atomic E-state index is 12.4. The van der Waals surface area contributed by atoms with Crippen molar-refractivity contribution in [3.05, 3.63) is 78.0 Å². The van der Waals surface area contributed by atoms with Crippen molar-refractivity contribution in [2.45, 2.75) is 0 Å². The number of para-hydroxylation sites is 2. The lowest BCUT2D eigenvalue weighted by Crippen LogP contribution is -2.27. The summed E-state index contributed by atoms with van der Waals surface area (Å²) in [5.41, 5.74) is 2.70. The maximum atomic E-state index is 12.4. The zero-order valence-corrected chi connectivity index (χ0v) is 16.9. The Morgan fingerprint density at radius 1 is 1.23 bits per heavy atom. The number of nitrogens with one attached hydrogen (secondary N) is 1. The molecule has 0 aliphatic carbocycles. The van der Waals surface area contributed by atoms with Gasteiger partial charge in [0.25, 0.3) is 5.91 Å². The summed E-state index contributed by atoms with van der Waals surface area (Å²) >= 11 is 0. The summed E-state index contributed by atoms with van der Waals surface area (Å²) < 4.78 is 12.6. The molecule has 154 valence electrons. The van der Waals surface area contributed by atoms with Crippen LogP contribution in [-0.4, -0.2) is 35.9 Å². The SMILES string of the molecule is COCCNC(=O)/C(C#N)=C/c1cn(-c2ccccc2)nc1-c1cc2ccccc2o1. The molecule has 0 spiro atoms. The summed E-state index contributed by atoms with van der Waals surface area (Å²) in [6.45, 7) is 0.675. The fraction of sp³-hybridized carbons (Fsp3) is 0.125. The van der Waals surface area contributed by atoms with E-state index in [2.05, 4.69) is 10.4 Å². The van der Waals surface area contributed by atoms with Crippen LogP contribution in [0, 0.1) is 11.3 Å². The summed E-state index contributed by atoms with van der Waals surface area (Å²) in [6.07, 6.45) is 3.30. The number of fused-ring (bicyclic) bond motifs is 1. The van der Waals surface area contributed by atoms with Gasteiger partial charge in [-0.3, -0.25) is 4.79 Å². The monoisotopic (exact) mass is 412 g/mol. The molecule has 0 unspecified atom stereocenters. The van der Waals surface area contributed by atoms with E-state index in [4.69, 9.17) is 9.15 Å². The van der Waals surface area contributed by atoms with Crippen LogP contribution >= 0.6 is 0 Å². The maximum Gasteiger partial charge on any atom is 0.262 e. The minimum atomic E-state index is -0.470. The Balaban J connectivity index is 1.79. The van der Waals surface area contributed by atoms with E-state index in [1.54, 1.807) is 18.0 Å². The molecule has 0 bridgehead atoms. The van der Waals surface area contributed by atoms with Crippen molar-refractivity contribution >= 4 is 23.0 Å². The summed E-state index contributed by atoms with van der Waals surface area (Å²) in [5.74, 6) is 0.0850. The van der Waals surface area contributed by atoms with Gasteiger partial charge in [-0.25, -0.2) is 4.68 Å². The third kappa shape index (κ3) is 4.39. The molecule has 31 heavy (non-hydrogen) atoms. The molecule has 1 N–H and O–H groups in total. The number of hydrogen-bond acceptors (Lipinski definition) is 5. The van der Waals surface area contributed by atoms with Crippen molar-refractivity contribution in [1.29, 1.82) is 5.26 Å². The Hall–Kier alpha value is -4.15. The van der Waals surface area contributed by atoms with Gasteiger partial charge in [0.05, 0.1) is 12.3 Å². The summed E-state index contributed by atoms with van der Waals surface area (Å²) in [7, 11) is 1.55. The lowest BCUT2D eigenvalue weighted by atomic mass is 10.1. The summed E-state index contributed by atoms with van der Waals surface area (Å²) in [4.78, 5) is 12.4. The van der Waals surface area contributed by atoms with Gasteiger partial charge in [-0.05, 0) is 30.3 Å². The van der Waals surface area contributed by atoms with Crippen molar-refractivity contribution in [2.75, 3.05) is 20.3 Å². The molecule has 2 aromatic heterocycles. The smallest absolute Gasteiger partial charge is 0.262 e. The first-order valence-electron chi connectivity index (χ1n) is 9.72. The van der Waals surface area contributed by atoms with Gasteiger partial charge in [-0.2, -0.15) is 10.4 Å². The van der Waals surface area contributed by atoms with Gasteiger partial charge in [0.1, 0.15) is 22.9 Å². The number of methoxy groups -OCH3 is 1. The highest BCUT2D eigenvalue weighted by Crippen LogP contribution is 2.31. The summed E-state index contributed by atoms with van der Waals surface area (Å²) in [5, 5.41) is 17.9. The molecule has 7 nitrogen and oxygen atoms in total. The van der Waals surface area contributed by atoms with Crippen LogP contribution < -0.4 is 5.32 Å². The van der Waals surface area contributed by atoms with Crippen molar-refractivity contribution in [3.8, 4) is 23.2 Å². The van der Waals surface area contributed by atoms with Crippen LogP contribution in [0.4, 0.5) is 0 Å². The third-order valence-corrected chi connectivity index (χ3v) is 4.68. The van der Waals surface area contributed by atoms with E-state index >= 15 is 0 Å². The molecular formula is C24H20N4O3. The van der Waals surface area contributed by atoms with Gasteiger partial charge in [-0.15, -0.1) is 0 Å². The zero-order valence-electron chi connectivity index (χ0n) is 16.9.